The summed E-state index contributed by atoms with van der Waals surface area (Å²) < 4.78 is 5.25. The molecule has 29 heavy (non-hydrogen) atoms. The molecule has 10 heteroatoms. The molecule has 6 amide bonds. The second-order valence-electron chi connectivity index (χ2n) is 6.96. The highest BCUT2D eigenvalue weighted by Crippen LogP contribution is 2.35. The maximum absolute atomic E-state index is 12.7. The maximum atomic E-state index is 12.7. The zero-order chi connectivity index (χ0) is 21.0. The Morgan fingerprint density at radius 3 is 2.45 bits per heavy atom. The van der Waals surface area contributed by atoms with E-state index in [0.29, 0.717) is 18.4 Å². The molecule has 2 aliphatic rings. The lowest BCUT2D eigenvalue weighted by molar-refractivity contribution is -0.157. The quantitative estimate of drug-likeness (QED) is 0.488. The Morgan fingerprint density at radius 2 is 1.83 bits per heavy atom. The molecule has 1 saturated carbocycles. The third kappa shape index (κ3) is 4.20. The maximum Gasteiger partial charge on any atom is 0.327 e. The number of benzene rings is 1. The Hall–Kier alpha value is -3.43. The molecule has 1 spiro atoms. The Labute approximate surface area is 166 Å². The van der Waals surface area contributed by atoms with E-state index in [9.17, 15) is 24.0 Å². The summed E-state index contributed by atoms with van der Waals surface area (Å²) in [5.74, 6) is -2.25. The van der Waals surface area contributed by atoms with Crippen LogP contribution in [0, 0.1) is 0 Å². The Morgan fingerprint density at radius 1 is 1.17 bits per heavy atom. The first-order valence-electron chi connectivity index (χ1n) is 9.27. The van der Waals surface area contributed by atoms with Gasteiger partial charge >= 0.3 is 18.0 Å². The highest BCUT2D eigenvalue weighted by atomic mass is 16.5. The molecule has 1 saturated heterocycles. The van der Waals surface area contributed by atoms with Crippen molar-refractivity contribution in [2.75, 3.05) is 13.6 Å². The van der Waals surface area contributed by atoms with Gasteiger partial charge in [-0.3, -0.25) is 24.6 Å². The molecule has 1 aliphatic heterocycles. The SMILES string of the molecule is CNC(=O)NC(=O)[C@@H](OC(=O)CN1C(=O)NC2(CCCC2)C1=O)c1ccccc1. The molecular formula is C19H22N4O6. The van der Waals surface area contributed by atoms with Crippen molar-refractivity contribution in [3.05, 3.63) is 35.9 Å². The number of carbonyl (C=O) groups is 5. The van der Waals surface area contributed by atoms with Crippen LogP contribution >= 0.6 is 0 Å². The molecule has 154 valence electrons. The number of hydrogen-bond donors (Lipinski definition) is 3. The van der Waals surface area contributed by atoms with Crippen molar-refractivity contribution in [1.29, 1.82) is 0 Å². The molecule has 1 aromatic carbocycles. The van der Waals surface area contributed by atoms with Gasteiger partial charge < -0.3 is 15.4 Å². The lowest BCUT2D eigenvalue weighted by Gasteiger charge is -2.21. The van der Waals surface area contributed by atoms with Gasteiger partial charge in [0.25, 0.3) is 11.8 Å². The summed E-state index contributed by atoms with van der Waals surface area (Å²) in [5, 5.41) is 6.97. The van der Waals surface area contributed by atoms with E-state index in [-0.39, 0.29) is 0 Å². The van der Waals surface area contributed by atoms with Crippen molar-refractivity contribution in [3.8, 4) is 0 Å². The molecule has 0 bridgehead atoms. The van der Waals surface area contributed by atoms with Gasteiger partial charge in [-0.1, -0.05) is 43.2 Å². The van der Waals surface area contributed by atoms with E-state index in [1.807, 2.05) is 0 Å². The Balaban J connectivity index is 1.71. The van der Waals surface area contributed by atoms with Crippen molar-refractivity contribution in [2.45, 2.75) is 37.3 Å². The largest absolute Gasteiger partial charge is 0.446 e. The van der Waals surface area contributed by atoms with E-state index >= 15 is 0 Å². The van der Waals surface area contributed by atoms with Gasteiger partial charge in [-0.05, 0) is 12.8 Å². The van der Waals surface area contributed by atoms with Crippen LogP contribution in [-0.2, 0) is 19.1 Å². The van der Waals surface area contributed by atoms with Crippen LogP contribution in [-0.4, -0.2) is 53.9 Å². The zero-order valence-electron chi connectivity index (χ0n) is 15.9. The van der Waals surface area contributed by atoms with Crippen LogP contribution in [0.15, 0.2) is 30.3 Å². The van der Waals surface area contributed by atoms with E-state index < -0.39 is 48.0 Å². The summed E-state index contributed by atoms with van der Waals surface area (Å²) in [6.45, 7) is -0.622. The van der Waals surface area contributed by atoms with E-state index in [1.165, 1.54) is 7.05 Å². The van der Waals surface area contributed by atoms with Crippen molar-refractivity contribution >= 4 is 29.8 Å². The third-order valence-corrected chi connectivity index (χ3v) is 5.04. The molecule has 3 rings (SSSR count). The molecule has 1 aliphatic carbocycles. The minimum absolute atomic E-state index is 0.340. The van der Waals surface area contributed by atoms with Crippen molar-refractivity contribution < 1.29 is 28.7 Å². The summed E-state index contributed by atoms with van der Waals surface area (Å²) >= 11 is 0. The first kappa shape index (κ1) is 20.3. The average molecular weight is 402 g/mol. The highest BCUT2D eigenvalue weighted by Gasteiger charge is 2.53. The van der Waals surface area contributed by atoms with Crippen LogP contribution in [0.5, 0.6) is 0 Å². The van der Waals surface area contributed by atoms with Crippen LogP contribution in [0.3, 0.4) is 0 Å². The van der Waals surface area contributed by atoms with Gasteiger partial charge in [-0.25, -0.2) is 9.59 Å². The predicted octanol–water partition coefficient (Wildman–Crippen LogP) is 0.591. The predicted molar refractivity (Wildman–Crippen MR) is 99.3 cm³/mol. The van der Waals surface area contributed by atoms with E-state index in [2.05, 4.69) is 16.0 Å². The smallest absolute Gasteiger partial charge is 0.327 e. The van der Waals surface area contributed by atoms with Crippen LogP contribution in [0.25, 0.3) is 0 Å². The van der Waals surface area contributed by atoms with Gasteiger partial charge in [0.2, 0.25) is 6.10 Å². The van der Waals surface area contributed by atoms with E-state index in [0.717, 1.165) is 17.7 Å². The number of nitrogens with one attached hydrogen (secondary N) is 3. The van der Waals surface area contributed by atoms with E-state index in [1.54, 1.807) is 30.3 Å². The number of rotatable bonds is 5. The molecule has 1 heterocycles. The highest BCUT2D eigenvalue weighted by molar-refractivity contribution is 6.09. The van der Waals surface area contributed by atoms with Crippen molar-refractivity contribution in [3.63, 3.8) is 0 Å². The van der Waals surface area contributed by atoms with Crippen molar-refractivity contribution in [1.82, 2.24) is 20.9 Å². The fourth-order valence-corrected chi connectivity index (χ4v) is 3.58. The number of hydrogen-bond acceptors (Lipinski definition) is 6. The third-order valence-electron chi connectivity index (χ3n) is 5.04. The topological polar surface area (TPSA) is 134 Å². The molecule has 0 aromatic heterocycles. The minimum Gasteiger partial charge on any atom is -0.446 e. The number of urea groups is 2. The lowest BCUT2D eigenvalue weighted by atomic mass is 9.98. The van der Waals surface area contributed by atoms with Gasteiger partial charge in [-0.15, -0.1) is 0 Å². The van der Waals surface area contributed by atoms with Crippen LogP contribution in [0.2, 0.25) is 0 Å². The first-order valence-corrected chi connectivity index (χ1v) is 9.27. The standard InChI is InChI=1S/C19H22N4O6/c1-20-17(27)21-15(25)14(12-7-3-2-4-8-12)29-13(24)11-23-16(26)19(22-18(23)28)9-5-6-10-19/h2-4,7-8,14H,5-6,9-11H2,1H3,(H,22,28)(H2,20,21,25,27)/t14-/m0/s1. The fourth-order valence-electron chi connectivity index (χ4n) is 3.58. The summed E-state index contributed by atoms with van der Waals surface area (Å²) in [7, 11) is 1.34. The van der Waals surface area contributed by atoms with Crippen molar-refractivity contribution in [2.24, 2.45) is 0 Å². The lowest BCUT2D eigenvalue weighted by Crippen LogP contribution is -2.45. The summed E-state index contributed by atoms with van der Waals surface area (Å²) in [4.78, 5) is 62.0. The van der Waals surface area contributed by atoms with Gasteiger partial charge in [0.15, 0.2) is 0 Å². The molecule has 1 aromatic rings. The second-order valence-corrected chi connectivity index (χ2v) is 6.96. The summed E-state index contributed by atoms with van der Waals surface area (Å²) in [6, 6.07) is 6.71. The molecule has 0 radical (unpaired) electrons. The monoisotopic (exact) mass is 402 g/mol. The van der Waals surface area contributed by atoms with Crippen LogP contribution in [0.4, 0.5) is 9.59 Å². The minimum atomic E-state index is -1.41. The Kier molecular flexibility index (Phi) is 5.81. The van der Waals surface area contributed by atoms with Gasteiger partial charge in [0, 0.05) is 12.6 Å². The van der Waals surface area contributed by atoms with Gasteiger partial charge in [0.1, 0.15) is 12.1 Å². The Bertz CT molecular complexity index is 834. The summed E-state index contributed by atoms with van der Waals surface area (Å²) in [5.41, 5.74) is -0.598. The molecule has 2 fully saturated rings. The number of amides is 6. The molecule has 0 unspecified atom stereocenters. The fraction of sp³-hybridized carbons (Fsp3) is 0.421. The summed E-state index contributed by atoms with van der Waals surface area (Å²) in [6.07, 6.45) is 1.29. The normalized spacial score (nSPS) is 18.3. The molecule has 1 atom stereocenters. The van der Waals surface area contributed by atoms with Gasteiger partial charge in [0.05, 0.1) is 0 Å². The molecule has 10 nitrogen and oxygen atoms in total. The molecule has 3 N–H and O–H groups in total. The first-order chi connectivity index (χ1) is 13.9. The molecular weight excluding hydrogens is 380 g/mol. The number of nitrogens with zero attached hydrogens (tertiary/aromatic N) is 1. The average Bonchev–Trinajstić information content (AvgIpc) is 3.27. The number of esters is 1. The van der Waals surface area contributed by atoms with Crippen LogP contribution < -0.4 is 16.0 Å². The van der Waals surface area contributed by atoms with Crippen LogP contribution in [0.1, 0.15) is 37.4 Å². The second kappa shape index (κ2) is 8.29. The zero-order valence-corrected chi connectivity index (χ0v) is 15.9. The number of carbonyl (C=O) groups excluding carboxylic acids is 5. The number of ether oxygens (including phenoxy) is 1. The van der Waals surface area contributed by atoms with Gasteiger partial charge in [-0.2, -0.15) is 0 Å². The van der Waals surface area contributed by atoms with E-state index in [4.69, 9.17) is 4.74 Å². The number of imide groups is 2.